The number of benzene rings is 2. The van der Waals surface area contributed by atoms with Crippen LogP contribution in [0.3, 0.4) is 0 Å². The molecule has 0 spiro atoms. The molecule has 3 aromatic rings. The van der Waals surface area contributed by atoms with E-state index in [4.69, 9.17) is 5.11 Å². The number of halogens is 3. The van der Waals surface area contributed by atoms with Crippen LogP contribution in [0.5, 0.6) is 0 Å². The summed E-state index contributed by atoms with van der Waals surface area (Å²) in [6, 6.07) is 10.5. The molecule has 0 bridgehead atoms. The maximum Gasteiger partial charge on any atom is 0.416 e. The van der Waals surface area contributed by atoms with Gasteiger partial charge in [0.25, 0.3) is 0 Å². The third-order valence-electron chi connectivity index (χ3n) is 3.41. The quantitative estimate of drug-likeness (QED) is 0.778. The smallest absolute Gasteiger partial charge is 0.416 e. The SMILES string of the molecule is O=C(O)c1cccc(-c2ncnc(-c3ccc(C(F)(F)F)cc3)n2)c1. The fraction of sp³-hybridized carbons (Fsp3) is 0.0588. The van der Waals surface area contributed by atoms with Crippen LogP contribution < -0.4 is 0 Å². The third kappa shape index (κ3) is 3.63. The molecule has 25 heavy (non-hydrogen) atoms. The number of aromatic nitrogens is 3. The third-order valence-corrected chi connectivity index (χ3v) is 3.41. The Morgan fingerprint density at radius 1 is 0.920 bits per heavy atom. The molecular formula is C17H10F3N3O2. The molecule has 0 atom stereocenters. The summed E-state index contributed by atoms with van der Waals surface area (Å²) in [6.45, 7) is 0. The maximum atomic E-state index is 12.6. The predicted molar refractivity (Wildman–Crippen MR) is 82.7 cm³/mol. The van der Waals surface area contributed by atoms with Gasteiger partial charge in [0.2, 0.25) is 0 Å². The van der Waals surface area contributed by atoms with Gasteiger partial charge in [0.15, 0.2) is 11.6 Å². The van der Waals surface area contributed by atoms with Crippen LogP contribution in [0.2, 0.25) is 0 Å². The molecule has 0 saturated carbocycles. The number of carboxylic acids is 1. The van der Waals surface area contributed by atoms with E-state index < -0.39 is 17.7 Å². The molecule has 1 heterocycles. The Kier molecular flexibility index (Phi) is 4.18. The number of hydrogen-bond acceptors (Lipinski definition) is 4. The van der Waals surface area contributed by atoms with E-state index in [1.165, 1.54) is 30.6 Å². The summed E-state index contributed by atoms with van der Waals surface area (Å²) in [5, 5.41) is 9.04. The van der Waals surface area contributed by atoms with E-state index in [1.54, 1.807) is 12.1 Å². The van der Waals surface area contributed by atoms with Crippen molar-refractivity contribution in [1.29, 1.82) is 0 Å². The number of hydrogen-bond donors (Lipinski definition) is 1. The molecule has 126 valence electrons. The molecule has 0 amide bonds. The molecule has 0 unspecified atom stereocenters. The van der Waals surface area contributed by atoms with Gasteiger partial charge in [-0.25, -0.2) is 19.7 Å². The van der Waals surface area contributed by atoms with E-state index in [0.717, 1.165) is 12.1 Å². The Bertz CT molecular complexity index is 925. The van der Waals surface area contributed by atoms with Crippen LogP contribution >= 0.6 is 0 Å². The first kappa shape index (κ1) is 16.6. The van der Waals surface area contributed by atoms with Gasteiger partial charge in [-0.1, -0.05) is 24.3 Å². The number of alkyl halides is 3. The second-order valence-electron chi connectivity index (χ2n) is 5.09. The minimum absolute atomic E-state index is 0.0778. The highest BCUT2D eigenvalue weighted by Crippen LogP contribution is 2.30. The van der Waals surface area contributed by atoms with Crippen LogP contribution in [0.25, 0.3) is 22.8 Å². The number of carbonyl (C=O) groups is 1. The highest BCUT2D eigenvalue weighted by atomic mass is 19.4. The summed E-state index contributed by atoms with van der Waals surface area (Å²) in [4.78, 5) is 23.2. The largest absolute Gasteiger partial charge is 0.478 e. The standard InChI is InChI=1S/C17H10F3N3O2/c18-17(19,20)13-6-4-10(5-7-13)14-21-9-22-15(23-14)11-2-1-3-12(8-11)16(24)25/h1-9H,(H,24,25). The van der Waals surface area contributed by atoms with Crippen LogP contribution in [-0.4, -0.2) is 26.0 Å². The van der Waals surface area contributed by atoms with Crippen molar-refractivity contribution in [3.63, 3.8) is 0 Å². The minimum Gasteiger partial charge on any atom is -0.478 e. The van der Waals surface area contributed by atoms with Crippen molar-refractivity contribution in [3.05, 3.63) is 66.0 Å². The lowest BCUT2D eigenvalue weighted by molar-refractivity contribution is -0.137. The molecule has 0 aliphatic heterocycles. The van der Waals surface area contributed by atoms with Gasteiger partial charge >= 0.3 is 12.1 Å². The zero-order valence-electron chi connectivity index (χ0n) is 12.5. The van der Waals surface area contributed by atoms with Crippen molar-refractivity contribution in [2.75, 3.05) is 0 Å². The highest BCUT2D eigenvalue weighted by Gasteiger charge is 2.30. The fourth-order valence-electron chi connectivity index (χ4n) is 2.17. The van der Waals surface area contributed by atoms with Crippen molar-refractivity contribution >= 4 is 5.97 Å². The van der Waals surface area contributed by atoms with Gasteiger partial charge in [0.1, 0.15) is 6.33 Å². The normalized spacial score (nSPS) is 11.3. The van der Waals surface area contributed by atoms with E-state index in [9.17, 15) is 18.0 Å². The lowest BCUT2D eigenvalue weighted by Gasteiger charge is -2.07. The summed E-state index contributed by atoms with van der Waals surface area (Å²) in [5.41, 5.74) is 0.176. The monoisotopic (exact) mass is 345 g/mol. The number of aromatic carboxylic acids is 1. The lowest BCUT2D eigenvalue weighted by atomic mass is 10.1. The molecular weight excluding hydrogens is 335 g/mol. The van der Waals surface area contributed by atoms with Crippen molar-refractivity contribution in [2.45, 2.75) is 6.18 Å². The summed E-state index contributed by atoms with van der Waals surface area (Å²) in [6.07, 6.45) is -3.19. The van der Waals surface area contributed by atoms with Crippen LogP contribution in [-0.2, 0) is 6.18 Å². The second kappa shape index (κ2) is 6.31. The summed E-state index contributed by atoms with van der Waals surface area (Å²) in [7, 11) is 0. The molecule has 3 rings (SSSR count). The Balaban J connectivity index is 1.97. The first-order chi connectivity index (χ1) is 11.8. The van der Waals surface area contributed by atoms with Gasteiger partial charge < -0.3 is 5.11 Å². The van der Waals surface area contributed by atoms with Crippen molar-refractivity contribution in [1.82, 2.24) is 15.0 Å². The summed E-state index contributed by atoms with van der Waals surface area (Å²) < 4.78 is 37.9. The predicted octanol–water partition coefficient (Wildman–Crippen LogP) is 3.92. The Morgan fingerprint density at radius 2 is 1.56 bits per heavy atom. The molecule has 0 radical (unpaired) electrons. The van der Waals surface area contributed by atoms with Gasteiger partial charge in [-0.3, -0.25) is 0 Å². The van der Waals surface area contributed by atoms with Gasteiger partial charge in [0, 0.05) is 11.1 Å². The van der Waals surface area contributed by atoms with Crippen molar-refractivity contribution in [3.8, 4) is 22.8 Å². The van der Waals surface area contributed by atoms with E-state index in [1.807, 2.05) is 0 Å². The van der Waals surface area contributed by atoms with Gasteiger partial charge in [-0.15, -0.1) is 0 Å². The number of rotatable bonds is 3. The van der Waals surface area contributed by atoms with E-state index in [2.05, 4.69) is 15.0 Å². The first-order valence-electron chi connectivity index (χ1n) is 7.05. The zero-order chi connectivity index (χ0) is 18.0. The molecule has 5 nitrogen and oxygen atoms in total. The molecule has 1 N–H and O–H groups in total. The molecule has 0 saturated heterocycles. The number of nitrogens with zero attached hydrogens (tertiary/aromatic N) is 3. The van der Waals surface area contributed by atoms with Gasteiger partial charge in [-0.05, 0) is 24.3 Å². The lowest BCUT2D eigenvalue weighted by Crippen LogP contribution is -2.04. The fourth-order valence-corrected chi connectivity index (χ4v) is 2.17. The molecule has 0 aliphatic carbocycles. The molecule has 2 aromatic carbocycles. The summed E-state index contributed by atoms with van der Waals surface area (Å²) >= 11 is 0. The Hall–Kier alpha value is -3.29. The van der Waals surface area contributed by atoms with E-state index >= 15 is 0 Å². The van der Waals surface area contributed by atoms with Gasteiger partial charge in [0.05, 0.1) is 11.1 Å². The molecule has 0 fully saturated rings. The zero-order valence-corrected chi connectivity index (χ0v) is 12.5. The van der Waals surface area contributed by atoms with E-state index in [0.29, 0.717) is 11.1 Å². The topological polar surface area (TPSA) is 76.0 Å². The minimum atomic E-state index is -4.42. The van der Waals surface area contributed by atoms with Crippen molar-refractivity contribution in [2.24, 2.45) is 0 Å². The average molecular weight is 345 g/mol. The second-order valence-corrected chi connectivity index (χ2v) is 5.09. The first-order valence-corrected chi connectivity index (χ1v) is 7.05. The molecule has 1 aromatic heterocycles. The van der Waals surface area contributed by atoms with Crippen LogP contribution in [0.1, 0.15) is 15.9 Å². The number of carboxylic acid groups (broad SMARTS) is 1. The highest BCUT2D eigenvalue weighted by molar-refractivity contribution is 5.89. The van der Waals surface area contributed by atoms with Crippen LogP contribution in [0.4, 0.5) is 13.2 Å². The summed E-state index contributed by atoms with van der Waals surface area (Å²) in [5.74, 6) is -0.661. The maximum absolute atomic E-state index is 12.6. The van der Waals surface area contributed by atoms with Crippen LogP contribution in [0, 0.1) is 0 Å². The average Bonchev–Trinajstić information content (AvgIpc) is 2.61. The Morgan fingerprint density at radius 3 is 2.16 bits per heavy atom. The van der Waals surface area contributed by atoms with E-state index in [-0.39, 0.29) is 17.2 Å². The van der Waals surface area contributed by atoms with Crippen molar-refractivity contribution < 1.29 is 23.1 Å². The van der Waals surface area contributed by atoms with Gasteiger partial charge in [-0.2, -0.15) is 13.2 Å². The van der Waals surface area contributed by atoms with Crippen LogP contribution in [0.15, 0.2) is 54.9 Å². The Labute approximate surface area is 139 Å². The molecule has 8 heteroatoms. The molecule has 0 aliphatic rings.